The summed E-state index contributed by atoms with van der Waals surface area (Å²) in [5.41, 5.74) is 3.08. The zero-order valence-electron chi connectivity index (χ0n) is 24.2. The maximum absolute atomic E-state index is 14.0. The molecule has 2 aromatic carbocycles. The summed E-state index contributed by atoms with van der Waals surface area (Å²) >= 11 is 0. The van der Waals surface area contributed by atoms with Crippen LogP contribution >= 0.6 is 0 Å². The second-order valence-corrected chi connectivity index (χ2v) is 13.2. The molecule has 1 unspecified atom stereocenters. The number of anilines is 1. The second kappa shape index (κ2) is 11.7. The maximum Gasteiger partial charge on any atom is 0.387 e. The minimum absolute atomic E-state index is 0.0233. The molecule has 6 rings (SSSR count). The number of ether oxygens (including phenoxy) is 1. The van der Waals surface area contributed by atoms with E-state index in [0.29, 0.717) is 29.1 Å². The Hall–Kier alpha value is -4.17. The smallest absolute Gasteiger partial charge is 0.387 e. The Bertz CT molecular complexity index is 1830. The average Bonchev–Trinajstić information content (AvgIpc) is 3.33. The number of carbonyl (C=O) groups is 1. The molecule has 232 valence electrons. The minimum Gasteiger partial charge on any atom is -0.481 e. The highest BCUT2D eigenvalue weighted by Crippen LogP contribution is 2.38. The second-order valence-electron chi connectivity index (χ2n) is 11.3. The highest BCUT2D eigenvalue weighted by molar-refractivity contribution is 7.89. The molecule has 0 aliphatic carbocycles. The van der Waals surface area contributed by atoms with E-state index in [0.717, 1.165) is 31.4 Å². The number of rotatable bonds is 8. The molecule has 0 saturated carbocycles. The molecule has 2 aliphatic heterocycles. The summed E-state index contributed by atoms with van der Waals surface area (Å²) in [5, 5.41) is 17.8. The number of halogens is 2. The number of pyridine rings is 1. The number of hydrogen-bond donors (Lipinski definition) is 1. The van der Waals surface area contributed by atoms with E-state index < -0.39 is 28.5 Å². The van der Waals surface area contributed by atoms with E-state index in [4.69, 9.17) is 4.74 Å². The van der Waals surface area contributed by atoms with Crippen molar-refractivity contribution in [2.75, 3.05) is 18.0 Å². The summed E-state index contributed by atoms with van der Waals surface area (Å²) in [4.78, 5) is 18.8. The van der Waals surface area contributed by atoms with Gasteiger partial charge in [0.15, 0.2) is 5.75 Å². The lowest BCUT2D eigenvalue weighted by molar-refractivity contribution is -0.137. The Labute approximate surface area is 253 Å². The predicted octanol–water partition coefficient (Wildman–Crippen LogP) is 4.44. The quantitative estimate of drug-likeness (QED) is 0.302. The number of fused-ring (bicyclic) bond motifs is 4. The van der Waals surface area contributed by atoms with Crippen LogP contribution in [0.25, 0.3) is 11.0 Å². The number of aryl methyl sites for hydroxylation is 2. The summed E-state index contributed by atoms with van der Waals surface area (Å²) in [5.74, 6) is -1.54. The lowest BCUT2D eigenvalue weighted by Crippen LogP contribution is -2.45. The fraction of sp³-hybridized carbons (Fsp3) is 0.400. The summed E-state index contributed by atoms with van der Waals surface area (Å²) in [6.07, 6.45) is 4.07. The Morgan fingerprint density at radius 2 is 1.98 bits per heavy atom. The zero-order chi connectivity index (χ0) is 31.2. The third-order valence-corrected chi connectivity index (χ3v) is 10.3. The number of aliphatic carboxylic acids is 1. The predicted molar refractivity (Wildman–Crippen MR) is 157 cm³/mol. The molecule has 1 N–H and O–H groups in total. The van der Waals surface area contributed by atoms with Gasteiger partial charge in [0.1, 0.15) is 21.7 Å². The van der Waals surface area contributed by atoms with Gasteiger partial charge in [0.25, 0.3) is 0 Å². The summed E-state index contributed by atoms with van der Waals surface area (Å²) in [6.45, 7) is -0.139. The van der Waals surface area contributed by atoms with Crippen LogP contribution in [0.1, 0.15) is 53.9 Å². The van der Waals surface area contributed by atoms with Gasteiger partial charge in [-0.3, -0.25) is 4.79 Å². The molecule has 2 aliphatic rings. The topological polar surface area (TPSA) is 131 Å². The van der Waals surface area contributed by atoms with E-state index in [9.17, 15) is 27.1 Å². The molecule has 2 aromatic heterocycles. The number of carboxylic acids is 1. The molecular weight excluding hydrogens is 594 g/mol. The van der Waals surface area contributed by atoms with E-state index in [1.54, 1.807) is 43.6 Å². The number of hydrogen-bond acceptors (Lipinski definition) is 8. The molecule has 0 bridgehead atoms. The summed E-state index contributed by atoms with van der Waals surface area (Å²) in [7, 11) is -2.36. The molecule has 0 amide bonds. The SMILES string of the molecule is Cc1ccc(C(CC(=O)O)c2cc(OC(F)F)c3c(c2)nnn3C)cc1CN1C[C@H]2CCCCN2c2ncccc2S1(=O)=O. The molecule has 0 radical (unpaired) electrons. The Morgan fingerprint density at radius 1 is 1.16 bits per heavy atom. The number of nitrogens with zero attached hydrogens (tertiary/aromatic N) is 6. The molecule has 0 spiro atoms. The first-order chi connectivity index (χ1) is 21.0. The van der Waals surface area contributed by atoms with Crippen molar-refractivity contribution in [2.45, 2.75) is 62.6 Å². The third kappa shape index (κ3) is 5.59. The van der Waals surface area contributed by atoms with Gasteiger partial charge in [-0.05, 0) is 72.7 Å². The van der Waals surface area contributed by atoms with Crippen LogP contribution in [0, 0.1) is 6.92 Å². The van der Waals surface area contributed by atoms with Crippen molar-refractivity contribution in [3.63, 3.8) is 0 Å². The van der Waals surface area contributed by atoms with Gasteiger partial charge in [0.05, 0.1) is 6.42 Å². The van der Waals surface area contributed by atoms with Crippen molar-refractivity contribution in [2.24, 2.45) is 7.05 Å². The van der Waals surface area contributed by atoms with Crippen LogP contribution in [-0.4, -0.2) is 69.5 Å². The van der Waals surface area contributed by atoms with Gasteiger partial charge in [-0.2, -0.15) is 13.1 Å². The Kier molecular flexibility index (Phi) is 7.97. The third-order valence-electron chi connectivity index (χ3n) is 8.49. The standard InChI is InChI=1S/C30H32F2N6O5S/c1-18-8-9-19(23(15-27(39)40)20-13-24-28(36(2)35-34-24)25(14-20)43-30(31)32)12-21(18)16-37-17-22-6-3-4-11-38(22)29-26(44(37,41)42)7-5-10-33-29/h5,7-10,12-14,22-23,30H,3-4,6,11,15-17H2,1-2H3,(H,39,40)/t22-,23?/m1/s1. The van der Waals surface area contributed by atoms with Gasteiger partial charge in [-0.25, -0.2) is 18.1 Å². The fourth-order valence-electron chi connectivity index (χ4n) is 6.32. The summed E-state index contributed by atoms with van der Waals surface area (Å²) in [6, 6.07) is 11.6. The van der Waals surface area contributed by atoms with E-state index in [1.807, 2.05) is 13.0 Å². The monoisotopic (exact) mass is 626 g/mol. The van der Waals surface area contributed by atoms with Crippen LogP contribution in [0.2, 0.25) is 0 Å². The van der Waals surface area contributed by atoms with Crippen LogP contribution in [0.5, 0.6) is 5.75 Å². The number of carboxylic acid groups (broad SMARTS) is 1. The Morgan fingerprint density at radius 3 is 2.75 bits per heavy atom. The van der Waals surface area contributed by atoms with Gasteiger partial charge in [0.2, 0.25) is 10.0 Å². The maximum atomic E-state index is 14.0. The number of benzene rings is 2. The highest BCUT2D eigenvalue weighted by atomic mass is 32.2. The first kappa shape index (κ1) is 29.9. The minimum atomic E-state index is -3.91. The molecule has 4 heterocycles. The number of sulfonamides is 1. The lowest BCUT2D eigenvalue weighted by atomic mass is 9.86. The van der Waals surface area contributed by atoms with Crippen molar-refractivity contribution < 1.29 is 31.8 Å². The lowest BCUT2D eigenvalue weighted by Gasteiger charge is -2.36. The van der Waals surface area contributed by atoms with E-state index >= 15 is 0 Å². The van der Waals surface area contributed by atoms with Crippen LogP contribution < -0.4 is 9.64 Å². The normalized spacial score (nSPS) is 18.9. The first-order valence-electron chi connectivity index (χ1n) is 14.3. The Balaban J connectivity index is 1.40. The van der Waals surface area contributed by atoms with Crippen molar-refractivity contribution in [1.82, 2.24) is 24.3 Å². The van der Waals surface area contributed by atoms with Crippen molar-refractivity contribution in [1.29, 1.82) is 0 Å². The first-order valence-corrected chi connectivity index (χ1v) is 15.8. The highest BCUT2D eigenvalue weighted by Gasteiger charge is 2.39. The van der Waals surface area contributed by atoms with E-state index in [-0.39, 0.29) is 40.7 Å². The zero-order valence-corrected chi connectivity index (χ0v) is 25.0. The molecule has 4 aromatic rings. The molecular formula is C30H32F2N6O5S. The van der Waals surface area contributed by atoms with Crippen LogP contribution in [0.4, 0.5) is 14.6 Å². The van der Waals surface area contributed by atoms with Crippen molar-refractivity contribution in [3.05, 3.63) is 70.9 Å². The largest absolute Gasteiger partial charge is 0.481 e. The van der Waals surface area contributed by atoms with Gasteiger partial charge in [-0.1, -0.05) is 23.4 Å². The van der Waals surface area contributed by atoms with Gasteiger partial charge in [-0.15, -0.1) is 5.10 Å². The number of alkyl halides is 2. The van der Waals surface area contributed by atoms with Crippen LogP contribution in [-0.2, 0) is 28.4 Å². The summed E-state index contributed by atoms with van der Waals surface area (Å²) < 4.78 is 62.3. The number of aromatic nitrogens is 4. The molecule has 14 heteroatoms. The number of piperidine rings is 1. The van der Waals surface area contributed by atoms with E-state index in [2.05, 4.69) is 20.2 Å². The van der Waals surface area contributed by atoms with Gasteiger partial charge >= 0.3 is 12.6 Å². The average molecular weight is 627 g/mol. The van der Waals surface area contributed by atoms with Crippen molar-refractivity contribution >= 4 is 32.8 Å². The molecule has 2 atom stereocenters. The molecule has 1 fully saturated rings. The van der Waals surface area contributed by atoms with Crippen LogP contribution in [0.15, 0.2) is 53.6 Å². The fourth-order valence-corrected chi connectivity index (χ4v) is 7.93. The van der Waals surface area contributed by atoms with Crippen LogP contribution in [0.3, 0.4) is 0 Å². The van der Waals surface area contributed by atoms with Crippen molar-refractivity contribution in [3.8, 4) is 5.75 Å². The molecule has 11 nitrogen and oxygen atoms in total. The van der Waals surface area contributed by atoms with Gasteiger partial charge < -0.3 is 14.7 Å². The van der Waals surface area contributed by atoms with E-state index in [1.165, 1.54) is 15.1 Å². The van der Waals surface area contributed by atoms with Gasteiger partial charge in [0, 0.05) is 44.8 Å². The molecule has 44 heavy (non-hydrogen) atoms. The molecule has 1 saturated heterocycles.